The van der Waals surface area contributed by atoms with Crippen molar-refractivity contribution in [1.29, 1.82) is 0 Å². The molecule has 5 heteroatoms. The standard InChI is InChI=1S/C14H20N2O3/c1-4-9(2)16-13(17)10(3)19-14(18)11-5-7-12(15)8-6-11/h5-10H,4,15H2,1-3H3,(H,16,17). The second kappa shape index (κ2) is 6.78. The van der Waals surface area contributed by atoms with Gasteiger partial charge in [0.05, 0.1) is 5.56 Å². The van der Waals surface area contributed by atoms with Crippen molar-refractivity contribution in [3.05, 3.63) is 29.8 Å². The second-order valence-electron chi connectivity index (χ2n) is 4.49. The first-order valence-electron chi connectivity index (χ1n) is 6.31. The molecule has 0 saturated carbocycles. The van der Waals surface area contributed by atoms with E-state index in [1.165, 1.54) is 0 Å². The van der Waals surface area contributed by atoms with Gasteiger partial charge in [-0.3, -0.25) is 4.79 Å². The number of nitrogen functional groups attached to an aromatic ring is 1. The molecule has 0 saturated heterocycles. The number of ether oxygens (including phenoxy) is 1. The minimum atomic E-state index is -0.820. The molecule has 0 aliphatic rings. The molecule has 0 spiro atoms. The summed E-state index contributed by atoms with van der Waals surface area (Å²) in [5.74, 6) is -0.829. The van der Waals surface area contributed by atoms with Gasteiger partial charge >= 0.3 is 5.97 Å². The summed E-state index contributed by atoms with van der Waals surface area (Å²) in [5.41, 5.74) is 6.47. The van der Waals surface area contributed by atoms with Crippen molar-refractivity contribution in [2.45, 2.75) is 39.3 Å². The number of amides is 1. The smallest absolute Gasteiger partial charge is 0.338 e. The predicted octanol–water partition coefficient (Wildman–Crippen LogP) is 1.73. The SMILES string of the molecule is CCC(C)NC(=O)C(C)OC(=O)c1ccc(N)cc1. The molecule has 1 amide bonds. The monoisotopic (exact) mass is 264 g/mol. The van der Waals surface area contributed by atoms with Crippen LogP contribution in [0.4, 0.5) is 5.69 Å². The maximum absolute atomic E-state index is 11.8. The normalized spacial score (nSPS) is 13.4. The van der Waals surface area contributed by atoms with Gasteiger partial charge < -0.3 is 15.8 Å². The average Bonchev–Trinajstić information content (AvgIpc) is 2.38. The van der Waals surface area contributed by atoms with Crippen LogP contribution < -0.4 is 11.1 Å². The molecular formula is C14H20N2O3. The number of carbonyl (C=O) groups excluding carboxylic acids is 2. The lowest BCUT2D eigenvalue weighted by Gasteiger charge is -2.16. The highest BCUT2D eigenvalue weighted by Crippen LogP contribution is 2.08. The fourth-order valence-corrected chi connectivity index (χ4v) is 1.36. The minimum absolute atomic E-state index is 0.0603. The average molecular weight is 264 g/mol. The molecule has 0 aliphatic heterocycles. The number of hydrogen-bond acceptors (Lipinski definition) is 4. The molecule has 2 atom stereocenters. The van der Waals surface area contributed by atoms with E-state index < -0.39 is 12.1 Å². The number of benzene rings is 1. The van der Waals surface area contributed by atoms with Crippen LogP contribution in [0, 0.1) is 0 Å². The Labute approximate surface area is 113 Å². The summed E-state index contributed by atoms with van der Waals surface area (Å²) in [5, 5.41) is 2.76. The molecule has 0 bridgehead atoms. The van der Waals surface area contributed by atoms with Crippen molar-refractivity contribution in [3.63, 3.8) is 0 Å². The quantitative estimate of drug-likeness (QED) is 0.627. The Morgan fingerprint density at radius 1 is 1.26 bits per heavy atom. The summed E-state index contributed by atoms with van der Waals surface area (Å²) in [6.45, 7) is 5.41. The van der Waals surface area contributed by atoms with Crippen LogP contribution in [0.5, 0.6) is 0 Å². The third-order valence-electron chi connectivity index (χ3n) is 2.80. The molecule has 0 fully saturated rings. The molecule has 2 unspecified atom stereocenters. The van der Waals surface area contributed by atoms with Crippen LogP contribution in [0.3, 0.4) is 0 Å². The van der Waals surface area contributed by atoms with E-state index in [0.29, 0.717) is 11.3 Å². The van der Waals surface area contributed by atoms with Crippen molar-refractivity contribution in [2.24, 2.45) is 0 Å². The van der Waals surface area contributed by atoms with Crippen LogP contribution >= 0.6 is 0 Å². The van der Waals surface area contributed by atoms with Gasteiger partial charge in [0.25, 0.3) is 5.91 Å². The minimum Gasteiger partial charge on any atom is -0.449 e. The highest BCUT2D eigenvalue weighted by molar-refractivity contribution is 5.92. The van der Waals surface area contributed by atoms with E-state index in [0.717, 1.165) is 6.42 Å². The lowest BCUT2D eigenvalue weighted by atomic mass is 10.2. The number of rotatable bonds is 5. The van der Waals surface area contributed by atoms with Crippen molar-refractivity contribution in [3.8, 4) is 0 Å². The molecule has 0 aromatic heterocycles. The van der Waals surface area contributed by atoms with Gasteiger partial charge in [-0.15, -0.1) is 0 Å². The van der Waals surface area contributed by atoms with Crippen LogP contribution in [-0.4, -0.2) is 24.0 Å². The third kappa shape index (κ3) is 4.62. The molecule has 0 radical (unpaired) electrons. The van der Waals surface area contributed by atoms with E-state index in [-0.39, 0.29) is 11.9 Å². The maximum Gasteiger partial charge on any atom is 0.338 e. The first-order chi connectivity index (χ1) is 8.93. The summed E-state index contributed by atoms with van der Waals surface area (Å²) < 4.78 is 5.09. The maximum atomic E-state index is 11.8. The van der Waals surface area contributed by atoms with E-state index in [2.05, 4.69) is 5.32 Å². The molecule has 0 aliphatic carbocycles. The Kier molecular flexibility index (Phi) is 5.36. The summed E-state index contributed by atoms with van der Waals surface area (Å²) in [6.07, 6.45) is 0.00346. The van der Waals surface area contributed by atoms with Crippen molar-refractivity contribution < 1.29 is 14.3 Å². The summed E-state index contributed by atoms with van der Waals surface area (Å²) in [7, 11) is 0. The largest absolute Gasteiger partial charge is 0.449 e. The number of hydrogen-bond donors (Lipinski definition) is 2. The molecule has 0 heterocycles. The molecule has 5 nitrogen and oxygen atoms in total. The summed E-state index contributed by atoms with van der Waals surface area (Å²) in [6, 6.07) is 6.42. The zero-order chi connectivity index (χ0) is 14.4. The van der Waals surface area contributed by atoms with E-state index in [1.54, 1.807) is 31.2 Å². The molecule has 1 rings (SSSR count). The Morgan fingerprint density at radius 3 is 2.37 bits per heavy atom. The van der Waals surface area contributed by atoms with Crippen LogP contribution in [0.15, 0.2) is 24.3 Å². The van der Waals surface area contributed by atoms with Gasteiger partial charge in [0, 0.05) is 11.7 Å². The highest BCUT2D eigenvalue weighted by Gasteiger charge is 2.19. The van der Waals surface area contributed by atoms with Gasteiger partial charge in [-0.2, -0.15) is 0 Å². The number of carbonyl (C=O) groups is 2. The lowest BCUT2D eigenvalue weighted by Crippen LogP contribution is -2.40. The van der Waals surface area contributed by atoms with Gasteiger partial charge in [0.15, 0.2) is 6.10 Å². The highest BCUT2D eigenvalue weighted by atomic mass is 16.5. The van der Waals surface area contributed by atoms with Crippen LogP contribution in [0.2, 0.25) is 0 Å². The number of nitrogens with two attached hydrogens (primary N) is 1. The Bertz CT molecular complexity index is 443. The number of nitrogens with one attached hydrogen (secondary N) is 1. The number of esters is 1. The first kappa shape index (κ1) is 15.0. The Morgan fingerprint density at radius 2 is 1.84 bits per heavy atom. The zero-order valence-corrected chi connectivity index (χ0v) is 11.5. The van der Waals surface area contributed by atoms with E-state index in [1.807, 2.05) is 13.8 Å². The van der Waals surface area contributed by atoms with E-state index in [4.69, 9.17) is 10.5 Å². The summed E-state index contributed by atoms with van der Waals surface area (Å²) >= 11 is 0. The van der Waals surface area contributed by atoms with Crippen molar-refractivity contribution in [2.75, 3.05) is 5.73 Å². The lowest BCUT2D eigenvalue weighted by molar-refractivity contribution is -0.129. The Balaban J connectivity index is 2.56. The van der Waals surface area contributed by atoms with Crippen molar-refractivity contribution >= 4 is 17.6 Å². The number of anilines is 1. The molecule has 19 heavy (non-hydrogen) atoms. The van der Waals surface area contributed by atoms with Gasteiger partial charge in [-0.1, -0.05) is 6.92 Å². The second-order valence-corrected chi connectivity index (χ2v) is 4.49. The zero-order valence-electron chi connectivity index (χ0n) is 11.5. The molecule has 3 N–H and O–H groups in total. The van der Waals surface area contributed by atoms with Crippen molar-refractivity contribution in [1.82, 2.24) is 5.32 Å². The predicted molar refractivity (Wildman–Crippen MR) is 73.6 cm³/mol. The Hall–Kier alpha value is -2.04. The van der Waals surface area contributed by atoms with Crippen LogP contribution in [0.25, 0.3) is 0 Å². The van der Waals surface area contributed by atoms with Crippen LogP contribution in [-0.2, 0) is 9.53 Å². The molecule has 1 aromatic carbocycles. The molecular weight excluding hydrogens is 244 g/mol. The van der Waals surface area contributed by atoms with Gasteiger partial charge in [-0.05, 0) is 44.5 Å². The van der Waals surface area contributed by atoms with Gasteiger partial charge in [-0.25, -0.2) is 4.79 Å². The van der Waals surface area contributed by atoms with E-state index >= 15 is 0 Å². The van der Waals surface area contributed by atoms with Crippen LogP contribution in [0.1, 0.15) is 37.6 Å². The molecule has 1 aromatic rings. The van der Waals surface area contributed by atoms with Gasteiger partial charge in [0.1, 0.15) is 0 Å². The molecule has 104 valence electrons. The first-order valence-corrected chi connectivity index (χ1v) is 6.31. The van der Waals surface area contributed by atoms with Gasteiger partial charge in [0.2, 0.25) is 0 Å². The topological polar surface area (TPSA) is 81.4 Å². The summed E-state index contributed by atoms with van der Waals surface area (Å²) in [4.78, 5) is 23.5. The third-order valence-corrected chi connectivity index (χ3v) is 2.80. The fraction of sp³-hybridized carbons (Fsp3) is 0.429. The fourth-order valence-electron chi connectivity index (χ4n) is 1.36. The van der Waals surface area contributed by atoms with E-state index in [9.17, 15) is 9.59 Å².